The molecule has 0 unspecified atom stereocenters. The largest absolute Gasteiger partial charge is 0.329 e. The lowest BCUT2D eigenvalue weighted by Gasteiger charge is -2.04. The first-order valence-corrected chi connectivity index (χ1v) is 6.41. The minimum absolute atomic E-state index is 0.571. The van der Waals surface area contributed by atoms with Crippen LogP contribution < -0.4 is 10.7 Å². The van der Waals surface area contributed by atoms with Crippen molar-refractivity contribution in [1.29, 1.82) is 0 Å². The molecule has 2 N–H and O–H groups in total. The molecular formula is C16H15N3O2. The maximum atomic E-state index is 11.7. The van der Waals surface area contributed by atoms with Crippen LogP contribution in [-0.4, -0.2) is 18.0 Å². The zero-order valence-electron chi connectivity index (χ0n) is 11.5. The Morgan fingerprint density at radius 3 is 2.48 bits per heavy atom. The van der Waals surface area contributed by atoms with E-state index in [1.807, 2.05) is 43.3 Å². The van der Waals surface area contributed by atoms with E-state index in [9.17, 15) is 9.59 Å². The van der Waals surface area contributed by atoms with Crippen LogP contribution in [-0.2, 0) is 9.59 Å². The SMILES string of the molecule is Cc1cccc(NC(=O)C(=O)NN=Cc2ccccc2)c1. The summed E-state index contributed by atoms with van der Waals surface area (Å²) in [5.41, 5.74) is 4.58. The fourth-order valence-corrected chi connectivity index (χ4v) is 1.67. The van der Waals surface area contributed by atoms with Crippen molar-refractivity contribution < 1.29 is 9.59 Å². The number of hydrazone groups is 1. The van der Waals surface area contributed by atoms with Gasteiger partial charge in [-0.3, -0.25) is 9.59 Å². The number of anilines is 1. The molecule has 106 valence electrons. The molecule has 0 fully saturated rings. The maximum Gasteiger partial charge on any atom is 0.329 e. The van der Waals surface area contributed by atoms with Gasteiger partial charge in [0.2, 0.25) is 0 Å². The molecular weight excluding hydrogens is 266 g/mol. The molecule has 0 aliphatic rings. The summed E-state index contributed by atoms with van der Waals surface area (Å²) in [6.45, 7) is 1.90. The van der Waals surface area contributed by atoms with Crippen LogP contribution in [0.3, 0.4) is 0 Å². The molecule has 0 aliphatic heterocycles. The lowest BCUT2D eigenvalue weighted by molar-refractivity contribution is -0.136. The van der Waals surface area contributed by atoms with Crippen molar-refractivity contribution in [2.75, 3.05) is 5.32 Å². The van der Waals surface area contributed by atoms with Gasteiger partial charge in [0.1, 0.15) is 0 Å². The molecule has 0 saturated heterocycles. The molecule has 0 bridgehead atoms. The Hall–Kier alpha value is -2.95. The molecule has 0 saturated carbocycles. The van der Waals surface area contributed by atoms with Gasteiger partial charge in [-0.1, -0.05) is 42.5 Å². The van der Waals surface area contributed by atoms with E-state index in [1.54, 1.807) is 18.2 Å². The van der Waals surface area contributed by atoms with Gasteiger partial charge in [-0.2, -0.15) is 5.10 Å². The van der Waals surface area contributed by atoms with Gasteiger partial charge in [-0.05, 0) is 30.2 Å². The highest BCUT2D eigenvalue weighted by atomic mass is 16.2. The number of benzene rings is 2. The highest BCUT2D eigenvalue weighted by molar-refractivity contribution is 6.39. The van der Waals surface area contributed by atoms with E-state index in [1.165, 1.54) is 6.21 Å². The summed E-state index contributed by atoms with van der Waals surface area (Å²) in [7, 11) is 0. The molecule has 2 aromatic carbocycles. The topological polar surface area (TPSA) is 70.6 Å². The number of nitrogens with zero attached hydrogens (tertiary/aromatic N) is 1. The fourth-order valence-electron chi connectivity index (χ4n) is 1.67. The quantitative estimate of drug-likeness (QED) is 0.514. The molecule has 0 heterocycles. The van der Waals surface area contributed by atoms with E-state index < -0.39 is 11.8 Å². The van der Waals surface area contributed by atoms with E-state index in [4.69, 9.17) is 0 Å². The summed E-state index contributed by atoms with van der Waals surface area (Å²) < 4.78 is 0. The summed E-state index contributed by atoms with van der Waals surface area (Å²) in [6.07, 6.45) is 1.47. The smallest absolute Gasteiger partial charge is 0.318 e. The summed E-state index contributed by atoms with van der Waals surface area (Å²) in [5, 5.41) is 6.24. The van der Waals surface area contributed by atoms with Crippen LogP contribution in [0.25, 0.3) is 0 Å². The summed E-state index contributed by atoms with van der Waals surface area (Å²) in [6, 6.07) is 16.5. The standard InChI is InChI=1S/C16H15N3O2/c1-12-6-5-9-14(10-12)18-15(20)16(21)19-17-11-13-7-3-2-4-8-13/h2-11H,1H3,(H,18,20)(H,19,21). The number of carbonyl (C=O) groups excluding carboxylic acids is 2. The number of hydrogen-bond acceptors (Lipinski definition) is 3. The first-order chi connectivity index (χ1) is 10.1. The van der Waals surface area contributed by atoms with Crippen molar-refractivity contribution in [2.24, 2.45) is 5.10 Å². The molecule has 0 aromatic heterocycles. The van der Waals surface area contributed by atoms with Gasteiger partial charge in [0.05, 0.1) is 6.21 Å². The van der Waals surface area contributed by atoms with Crippen LogP contribution in [0.4, 0.5) is 5.69 Å². The second-order valence-electron chi connectivity index (χ2n) is 4.43. The number of hydrogen-bond donors (Lipinski definition) is 2. The minimum atomic E-state index is -0.816. The lowest BCUT2D eigenvalue weighted by atomic mass is 10.2. The molecule has 5 heteroatoms. The molecule has 2 amide bonds. The van der Waals surface area contributed by atoms with Crippen LogP contribution in [0, 0.1) is 6.92 Å². The zero-order valence-corrected chi connectivity index (χ0v) is 11.5. The Kier molecular flexibility index (Phi) is 4.82. The number of amides is 2. The summed E-state index contributed by atoms with van der Waals surface area (Å²) >= 11 is 0. The number of aryl methyl sites for hydroxylation is 1. The van der Waals surface area contributed by atoms with Crippen molar-refractivity contribution >= 4 is 23.7 Å². The van der Waals surface area contributed by atoms with Gasteiger partial charge < -0.3 is 5.32 Å². The lowest BCUT2D eigenvalue weighted by Crippen LogP contribution is -2.32. The van der Waals surface area contributed by atoms with E-state index in [-0.39, 0.29) is 0 Å². The fraction of sp³-hybridized carbons (Fsp3) is 0.0625. The summed E-state index contributed by atoms with van der Waals surface area (Å²) in [5.74, 6) is -1.57. The van der Waals surface area contributed by atoms with E-state index >= 15 is 0 Å². The number of carbonyl (C=O) groups is 2. The van der Waals surface area contributed by atoms with Crippen molar-refractivity contribution in [3.05, 3.63) is 65.7 Å². The first kappa shape index (κ1) is 14.5. The van der Waals surface area contributed by atoms with Gasteiger partial charge in [0, 0.05) is 5.69 Å². The van der Waals surface area contributed by atoms with Crippen LogP contribution in [0.5, 0.6) is 0 Å². The van der Waals surface area contributed by atoms with Gasteiger partial charge >= 0.3 is 11.8 Å². The van der Waals surface area contributed by atoms with Gasteiger partial charge in [0.25, 0.3) is 0 Å². The monoisotopic (exact) mass is 281 g/mol. The first-order valence-electron chi connectivity index (χ1n) is 6.41. The van der Waals surface area contributed by atoms with Gasteiger partial charge in [0.15, 0.2) is 0 Å². The molecule has 21 heavy (non-hydrogen) atoms. The Labute approximate surface area is 122 Å². The third-order valence-electron chi connectivity index (χ3n) is 2.66. The normalized spacial score (nSPS) is 10.3. The van der Waals surface area contributed by atoms with E-state index in [0.29, 0.717) is 5.69 Å². The van der Waals surface area contributed by atoms with Crippen LogP contribution in [0.15, 0.2) is 59.7 Å². The number of rotatable bonds is 3. The summed E-state index contributed by atoms with van der Waals surface area (Å²) in [4.78, 5) is 23.3. The molecule has 0 atom stereocenters. The predicted molar refractivity (Wildman–Crippen MR) is 82.0 cm³/mol. The maximum absolute atomic E-state index is 11.7. The number of nitrogens with one attached hydrogen (secondary N) is 2. The third-order valence-corrected chi connectivity index (χ3v) is 2.66. The molecule has 0 aliphatic carbocycles. The minimum Gasteiger partial charge on any atom is -0.318 e. The Balaban J connectivity index is 1.88. The average molecular weight is 281 g/mol. The highest BCUT2D eigenvalue weighted by Gasteiger charge is 2.12. The van der Waals surface area contributed by atoms with Crippen molar-refractivity contribution in [2.45, 2.75) is 6.92 Å². The van der Waals surface area contributed by atoms with Gasteiger partial charge in [-0.25, -0.2) is 5.43 Å². The molecule has 2 rings (SSSR count). The highest BCUT2D eigenvalue weighted by Crippen LogP contribution is 2.08. The average Bonchev–Trinajstić information content (AvgIpc) is 2.48. The predicted octanol–water partition coefficient (Wildman–Crippen LogP) is 2.08. The Bertz CT molecular complexity index is 666. The van der Waals surface area contributed by atoms with E-state index in [0.717, 1.165) is 11.1 Å². The zero-order chi connectivity index (χ0) is 15.1. The van der Waals surface area contributed by atoms with Crippen LogP contribution in [0.1, 0.15) is 11.1 Å². The Morgan fingerprint density at radius 1 is 1.00 bits per heavy atom. The van der Waals surface area contributed by atoms with E-state index in [2.05, 4.69) is 15.8 Å². The molecule has 2 aromatic rings. The molecule has 5 nitrogen and oxygen atoms in total. The molecule has 0 radical (unpaired) electrons. The Morgan fingerprint density at radius 2 is 1.76 bits per heavy atom. The molecule has 0 spiro atoms. The van der Waals surface area contributed by atoms with Gasteiger partial charge in [-0.15, -0.1) is 0 Å². The third kappa shape index (κ3) is 4.58. The van der Waals surface area contributed by atoms with Crippen LogP contribution >= 0.6 is 0 Å². The van der Waals surface area contributed by atoms with Crippen molar-refractivity contribution in [1.82, 2.24) is 5.43 Å². The van der Waals surface area contributed by atoms with Crippen molar-refractivity contribution in [3.8, 4) is 0 Å². The van der Waals surface area contributed by atoms with Crippen LogP contribution in [0.2, 0.25) is 0 Å². The van der Waals surface area contributed by atoms with Crippen molar-refractivity contribution in [3.63, 3.8) is 0 Å². The second-order valence-corrected chi connectivity index (χ2v) is 4.43. The second kappa shape index (κ2) is 7.00.